The highest BCUT2D eigenvalue weighted by Crippen LogP contribution is 2.19. The molecule has 0 saturated heterocycles. The molecule has 0 aliphatic heterocycles. The maximum atomic E-state index is 12.2. The Bertz CT molecular complexity index is 746. The number of nitrogens with zero attached hydrogens (tertiary/aromatic N) is 1. The van der Waals surface area contributed by atoms with E-state index in [2.05, 4.69) is 13.8 Å². The van der Waals surface area contributed by atoms with Gasteiger partial charge in [0.25, 0.3) is 5.91 Å². The van der Waals surface area contributed by atoms with Gasteiger partial charge in [-0.15, -0.1) is 0 Å². The van der Waals surface area contributed by atoms with E-state index in [-0.39, 0.29) is 17.8 Å². The Hall–Kier alpha value is -2.62. The van der Waals surface area contributed by atoms with Gasteiger partial charge in [0.05, 0.1) is 12.2 Å². The third-order valence-corrected chi connectivity index (χ3v) is 4.41. The number of esters is 1. The van der Waals surface area contributed by atoms with E-state index in [1.165, 1.54) is 5.56 Å². The predicted octanol–water partition coefficient (Wildman–Crippen LogP) is 4.47. The van der Waals surface area contributed by atoms with Crippen molar-refractivity contribution in [2.24, 2.45) is 0 Å². The second kappa shape index (κ2) is 8.65. The number of carbonyl (C=O) groups excluding carboxylic acids is 2. The molecule has 26 heavy (non-hydrogen) atoms. The minimum absolute atomic E-state index is 0.0273. The van der Waals surface area contributed by atoms with E-state index >= 15 is 0 Å². The van der Waals surface area contributed by atoms with E-state index in [1.54, 1.807) is 31.1 Å². The maximum Gasteiger partial charge on any atom is 0.338 e. The number of carbonyl (C=O) groups is 2. The van der Waals surface area contributed by atoms with Crippen molar-refractivity contribution in [2.45, 2.75) is 32.6 Å². The van der Waals surface area contributed by atoms with Gasteiger partial charge < -0.3 is 9.64 Å². The van der Waals surface area contributed by atoms with Crippen molar-refractivity contribution < 1.29 is 14.3 Å². The highest BCUT2D eigenvalue weighted by Gasteiger charge is 2.13. The third-order valence-electron chi connectivity index (χ3n) is 4.41. The molecular weight excluding hydrogens is 326 g/mol. The van der Waals surface area contributed by atoms with Crippen LogP contribution in [0.1, 0.15) is 64.4 Å². The fourth-order valence-electron chi connectivity index (χ4n) is 2.60. The van der Waals surface area contributed by atoms with Gasteiger partial charge >= 0.3 is 5.97 Å². The summed E-state index contributed by atoms with van der Waals surface area (Å²) in [6.45, 7) is 6.53. The first-order valence-corrected chi connectivity index (χ1v) is 8.88. The fraction of sp³-hybridized carbons (Fsp3) is 0.364. The highest BCUT2D eigenvalue weighted by molar-refractivity contribution is 5.93. The van der Waals surface area contributed by atoms with Gasteiger partial charge in [0.15, 0.2) is 0 Å². The smallest absolute Gasteiger partial charge is 0.338 e. The van der Waals surface area contributed by atoms with E-state index in [0.717, 1.165) is 5.56 Å². The molecular formula is C22H27NO3. The van der Waals surface area contributed by atoms with Crippen LogP contribution >= 0.6 is 0 Å². The van der Waals surface area contributed by atoms with E-state index < -0.39 is 0 Å². The molecule has 0 saturated carbocycles. The first-order valence-electron chi connectivity index (χ1n) is 8.88. The summed E-state index contributed by atoms with van der Waals surface area (Å²) in [6.07, 6.45) is 0. The molecule has 1 atom stereocenters. The van der Waals surface area contributed by atoms with Crippen LogP contribution in [0, 0.1) is 0 Å². The van der Waals surface area contributed by atoms with Gasteiger partial charge in [-0.25, -0.2) is 4.79 Å². The summed E-state index contributed by atoms with van der Waals surface area (Å²) < 4.78 is 5.45. The molecule has 0 N–H and O–H groups in total. The van der Waals surface area contributed by atoms with Crippen LogP contribution in [0.15, 0.2) is 48.5 Å². The van der Waals surface area contributed by atoms with E-state index in [1.807, 2.05) is 43.3 Å². The number of hydrogen-bond acceptors (Lipinski definition) is 3. The molecule has 4 nitrogen and oxygen atoms in total. The van der Waals surface area contributed by atoms with Crippen molar-refractivity contribution in [1.82, 2.24) is 4.90 Å². The molecule has 1 unspecified atom stereocenters. The summed E-state index contributed by atoms with van der Waals surface area (Å²) in [4.78, 5) is 25.7. The van der Waals surface area contributed by atoms with E-state index in [9.17, 15) is 9.59 Å². The fourth-order valence-corrected chi connectivity index (χ4v) is 2.60. The van der Waals surface area contributed by atoms with Gasteiger partial charge in [-0.2, -0.15) is 0 Å². The zero-order valence-corrected chi connectivity index (χ0v) is 16.2. The SMILES string of the molecule is CC(C)c1ccc(C(=O)OCC(C)c2ccc(C(=O)N(C)C)cc2)cc1. The van der Waals surface area contributed by atoms with Gasteiger partial charge in [-0.1, -0.05) is 45.0 Å². The van der Waals surface area contributed by atoms with Gasteiger partial charge in [0.1, 0.15) is 0 Å². The van der Waals surface area contributed by atoms with Gasteiger partial charge in [0, 0.05) is 25.6 Å². The quantitative estimate of drug-likeness (QED) is 0.720. The topological polar surface area (TPSA) is 46.6 Å². The zero-order chi connectivity index (χ0) is 19.3. The molecule has 4 heteroatoms. The molecule has 0 bridgehead atoms. The van der Waals surface area contributed by atoms with Crippen LogP contribution in [0.4, 0.5) is 0 Å². The standard InChI is InChI=1S/C22H27NO3/c1-15(2)17-6-12-20(13-7-17)22(25)26-14-16(3)18-8-10-19(11-9-18)21(24)23(4)5/h6-13,15-16H,14H2,1-5H3. The van der Waals surface area contributed by atoms with Gasteiger partial charge in [-0.05, 0) is 41.3 Å². The van der Waals surface area contributed by atoms with Crippen LogP contribution in [-0.2, 0) is 4.74 Å². The second-order valence-electron chi connectivity index (χ2n) is 7.10. The van der Waals surface area contributed by atoms with Crippen LogP contribution in [0.2, 0.25) is 0 Å². The normalized spacial score (nSPS) is 11.9. The largest absolute Gasteiger partial charge is 0.461 e. The van der Waals surface area contributed by atoms with Crippen LogP contribution in [0.25, 0.3) is 0 Å². The molecule has 1 amide bonds. The third kappa shape index (κ3) is 4.94. The van der Waals surface area contributed by atoms with Crippen molar-refractivity contribution in [3.63, 3.8) is 0 Å². The molecule has 0 fully saturated rings. The van der Waals surface area contributed by atoms with Crippen LogP contribution in [-0.4, -0.2) is 37.5 Å². The molecule has 0 aliphatic carbocycles. The molecule has 2 aromatic carbocycles. The summed E-state index contributed by atoms with van der Waals surface area (Å²) >= 11 is 0. The Morgan fingerprint density at radius 1 is 0.846 bits per heavy atom. The molecule has 0 aliphatic rings. The van der Waals surface area contributed by atoms with Crippen molar-refractivity contribution in [3.05, 3.63) is 70.8 Å². The van der Waals surface area contributed by atoms with Crippen LogP contribution < -0.4 is 0 Å². The predicted molar refractivity (Wildman–Crippen MR) is 104 cm³/mol. The lowest BCUT2D eigenvalue weighted by Crippen LogP contribution is -2.21. The minimum Gasteiger partial charge on any atom is -0.461 e. The Kier molecular flexibility index (Phi) is 6.56. The van der Waals surface area contributed by atoms with E-state index in [0.29, 0.717) is 23.7 Å². The Labute approximate surface area is 155 Å². The Morgan fingerprint density at radius 3 is 1.85 bits per heavy atom. The molecule has 2 aromatic rings. The van der Waals surface area contributed by atoms with Crippen LogP contribution in [0.5, 0.6) is 0 Å². The molecule has 0 aromatic heterocycles. The van der Waals surface area contributed by atoms with Gasteiger partial charge in [-0.3, -0.25) is 4.79 Å². The molecule has 0 spiro atoms. The Morgan fingerprint density at radius 2 is 1.35 bits per heavy atom. The van der Waals surface area contributed by atoms with E-state index in [4.69, 9.17) is 4.74 Å². The number of hydrogen-bond donors (Lipinski definition) is 0. The lowest BCUT2D eigenvalue weighted by Gasteiger charge is -2.14. The van der Waals surface area contributed by atoms with Crippen molar-refractivity contribution in [2.75, 3.05) is 20.7 Å². The number of ether oxygens (including phenoxy) is 1. The minimum atomic E-state index is -0.313. The first kappa shape index (κ1) is 19.7. The lowest BCUT2D eigenvalue weighted by molar-refractivity contribution is 0.0485. The summed E-state index contributed by atoms with van der Waals surface area (Å²) in [5.74, 6) is 0.145. The van der Waals surface area contributed by atoms with Crippen LogP contribution in [0.3, 0.4) is 0 Å². The highest BCUT2D eigenvalue weighted by atomic mass is 16.5. The monoisotopic (exact) mass is 353 g/mol. The number of amides is 1. The average molecular weight is 353 g/mol. The van der Waals surface area contributed by atoms with Gasteiger partial charge in [0.2, 0.25) is 0 Å². The molecule has 0 radical (unpaired) electrons. The van der Waals surface area contributed by atoms with Crippen molar-refractivity contribution in [1.29, 1.82) is 0 Å². The first-order chi connectivity index (χ1) is 12.3. The molecule has 138 valence electrons. The Balaban J connectivity index is 1.94. The van der Waals surface area contributed by atoms with Crippen molar-refractivity contribution >= 4 is 11.9 Å². The maximum absolute atomic E-state index is 12.2. The summed E-state index contributed by atoms with van der Waals surface area (Å²) in [7, 11) is 3.46. The zero-order valence-electron chi connectivity index (χ0n) is 16.2. The summed E-state index contributed by atoms with van der Waals surface area (Å²) in [5.41, 5.74) is 3.44. The van der Waals surface area contributed by atoms with Crippen molar-refractivity contribution in [3.8, 4) is 0 Å². The molecule has 0 heterocycles. The molecule has 2 rings (SSSR count). The summed E-state index contributed by atoms with van der Waals surface area (Å²) in [6, 6.07) is 15.0. The number of rotatable bonds is 6. The summed E-state index contributed by atoms with van der Waals surface area (Å²) in [5, 5.41) is 0. The lowest BCUT2D eigenvalue weighted by atomic mass is 10.00. The number of benzene rings is 2. The second-order valence-corrected chi connectivity index (χ2v) is 7.10. The average Bonchev–Trinajstić information content (AvgIpc) is 2.65.